The van der Waals surface area contributed by atoms with Gasteiger partial charge in [0.25, 0.3) is 0 Å². The number of hydrogen-bond acceptors (Lipinski definition) is 6. The predicted octanol–water partition coefficient (Wildman–Crippen LogP) is 1.57. The van der Waals surface area contributed by atoms with E-state index in [2.05, 4.69) is 4.90 Å². The third kappa shape index (κ3) is 3.70. The molecule has 0 atom stereocenters. The maximum atomic E-state index is 13.2. The summed E-state index contributed by atoms with van der Waals surface area (Å²) in [6.07, 6.45) is -0.0624. The number of amides is 1. The lowest BCUT2D eigenvalue weighted by Gasteiger charge is -2.35. The summed E-state index contributed by atoms with van der Waals surface area (Å²) in [4.78, 5) is 14.3. The number of carbonyl (C=O) groups is 1. The Hall–Kier alpha value is -2.43. The second-order valence-electron chi connectivity index (χ2n) is 7.40. The number of benzene rings is 2. The Balaban J connectivity index is 1.54. The largest absolute Gasteiger partial charge is 0.369 e. The van der Waals surface area contributed by atoms with Crippen LogP contribution in [0.2, 0.25) is 0 Å². The number of piperazine rings is 1. The molecule has 8 nitrogen and oxygen atoms in total. The van der Waals surface area contributed by atoms with Crippen LogP contribution in [-0.2, 0) is 24.8 Å². The molecule has 0 aromatic heterocycles. The van der Waals surface area contributed by atoms with Gasteiger partial charge in [0.1, 0.15) is 0 Å². The molecule has 0 saturated carbocycles. The first kappa shape index (κ1) is 20.8. The Labute approximate surface area is 176 Å². The highest BCUT2D eigenvalue weighted by Crippen LogP contribution is 2.30. The summed E-state index contributed by atoms with van der Waals surface area (Å²) in [5.74, 6) is -0.724. The van der Waals surface area contributed by atoms with Crippen LogP contribution in [0.5, 0.6) is 0 Å². The molecule has 2 aliphatic heterocycles. The van der Waals surface area contributed by atoms with E-state index in [1.165, 1.54) is 22.5 Å². The smallest absolute Gasteiger partial charge is 0.243 e. The van der Waals surface area contributed by atoms with Crippen molar-refractivity contribution in [2.75, 3.05) is 41.1 Å². The van der Waals surface area contributed by atoms with Crippen molar-refractivity contribution in [3.63, 3.8) is 0 Å². The van der Waals surface area contributed by atoms with E-state index in [-0.39, 0.29) is 22.8 Å². The standard InChI is InChI=1S/C20H23N3O5S2/c1-16-15-18(23-20(24)9-14-29(23,25)26)7-8-19(16)30(27,28)22-12-10-21(11-13-22)17-5-3-2-4-6-17/h2-8,15H,9-14H2,1H3. The number of anilines is 2. The van der Waals surface area contributed by atoms with Crippen molar-refractivity contribution >= 4 is 37.3 Å². The molecule has 0 bridgehead atoms. The zero-order valence-electron chi connectivity index (χ0n) is 16.6. The highest BCUT2D eigenvalue weighted by Gasteiger charge is 2.37. The Morgan fingerprint density at radius 2 is 1.57 bits per heavy atom. The average molecular weight is 450 g/mol. The maximum Gasteiger partial charge on any atom is 0.243 e. The van der Waals surface area contributed by atoms with Crippen LogP contribution in [0.3, 0.4) is 0 Å². The zero-order valence-corrected chi connectivity index (χ0v) is 18.2. The van der Waals surface area contributed by atoms with Crippen LogP contribution in [0.1, 0.15) is 12.0 Å². The minimum Gasteiger partial charge on any atom is -0.369 e. The number of hydrogen-bond donors (Lipinski definition) is 0. The predicted molar refractivity (Wildman–Crippen MR) is 114 cm³/mol. The summed E-state index contributed by atoms with van der Waals surface area (Å²) in [6, 6.07) is 14.1. The fraction of sp³-hybridized carbons (Fsp3) is 0.350. The molecule has 0 aliphatic carbocycles. The van der Waals surface area contributed by atoms with Gasteiger partial charge in [0.15, 0.2) is 0 Å². The SMILES string of the molecule is Cc1cc(N2C(=O)CCS2(=O)=O)ccc1S(=O)(=O)N1CCN(c2ccccc2)CC1. The van der Waals surface area contributed by atoms with Gasteiger partial charge in [-0.25, -0.2) is 21.1 Å². The Morgan fingerprint density at radius 3 is 2.13 bits per heavy atom. The second-order valence-corrected chi connectivity index (χ2v) is 11.2. The highest BCUT2D eigenvalue weighted by molar-refractivity contribution is 7.94. The molecule has 2 saturated heterocycles. The molecular weight excluding hydrogens is 426 g/mol. The van der Waals surface area contributed by atoms with Crippen molar-refractivity contribution < 1.29 is 21.6 Å². The van der Waals surface area contributed by atoms with E-state index in [0.29, 0.717) is 31.7 Å². The lowest BCUT2D eigenvalue weighted by Crippen LogP contribution is -2.48. The van der Waals surface area contributed by atoms with Crippen LogP contribution >= 0.6 is 0 Å². The normalized spacial score (nSPS) is 20.0. The molecule has 0 N–H and O–H groups in total. The highest BCUT2D eigenvalue weighted by atomic mass is 32.2. The first-order valence-electron chi connectivity index (χ1n) is 9.67. The van der Waals surface area contributed by atoms with Gasteiger partial charge >= 0.3 is 0 Å². The van der Waals surface area contributed by atoms with E-state index < -0.39 is 26.0 Å². The van der Waals surface area contributed by atoms with Gasteiger partial charge in [-0.05, 0) is 42.8 Å². The van der Waals surface area contributed by atoms with Gasteiger partial charge < -0.3 is 4.90 Å². The number of para-hydroxylation sites is 1. The van der Waals surface area contributed by atoms with Crippen molar-refractivity contribution in [3.05, 3.63) is 54.1 Å². The average Bonchev–Trinajstić information content (AvgIpc) is 3.00. The number of aryl methyl sites for hydroxylation is 1. The van der Waals surface area contributed by atoms with Gasteiger partial charge in [0.2, 0.25) is 26.0 Å². The lowest BCUT2D eigenvalue weighted by atomic mass is 10.2. The first-order valence-corrected chi connectivity index (χ1v) is 12.7. The molecule has 0 radical (unpaired) electrons. The molecule has 2 aromatic carbocycles. The van der Waals surface area contributed by atoms with Gasteiger partial charge in [-0.1, -0.05) is 18.2 Å². The molecule has 30 heavy (non-hydrogen) atoms. The van der Waals surface area contributed by atoms with Crippen LogP contribution in [-0.4, -0.2) is 59.0 Å². The van der Waals surface area contributed by atoms with Crippen molar-refractivity contribution in [2.24, 2.45) is 0 Å². The quantitative estimate of drug-likeness (QED) is 0.703. The lowest BCUT2D eigenvalue weighted by molar-refractivity contribution is -0.116. The summed E-state index contributed by atoms with van der Waals surface area (Å²) < 4.78 is 52.9. The van der Waals surface area contributed by atoms with Gasteiger partial charge in [0, 0.05) is 38.3 Å². The molecule has 4 rings (SSSR count). The third-order valence-corrected chi connectivity index (χ3v) is 9.20. The molecule has 2 aliphatic rings. The fourth-order valence-electron chi connectivity index (χ4n) is 3.88. The number of nitrogens with zero attached hydrogens (tertiary/aromatic N) is 3. The summed E-state index contributed by atoms with van der Waals surface area (Å²) >= 11 is 0. The summed E-state index contributed by atoms with van der Waals surface area (Å²) in [5, 5.41) is 0. The monoisotopic (exact) mass is 449 g/mol. The van der Waals surface area contributed by atoms with Crippen molar-refractivity contribution in [1.82, 2.24) is 4.31 Å². The topological polar surface area (TPSA) is 95.1 Å². The minimum atomic E-state index is -3.73. The van der Waals surface area contributed by atoms with Gasteiger partial charge in [0.05, 0.1) is 16.3 Å². The third-order valence-electron chi connectivity index (χ3n) is 5.45. The maximum absolute atomic E-state index is 13.2. The van der Waals surface area contributed by atoms with Crippen molar-refractivity contribution in [3.8, 4) is 0 Å². The van der Waals surface area contributed by atoms with E-state index in [9.17, 15) is 21.6 Å². The van der Waals surface area contributed by atoms with Gasteiger partial charge in [-0.15, -0.1) is 0 Å². The molecule has 1 amide bonds. The number of sulfonamides is 2. The first-order chi connectivity index (χ1) is 14.2. The van der Waals surface area contributed by atoms with Crippen LogP contribution in [0.15, 0.2) is 53.4 Å². The molecule has 10 heteroatoms. The van der Waals surface area contributed by atoms with E-state index in [1.54, 1.807) is 6.92 Å². The molecule has 2 fully saturated rings. The molecular formula is C20H23N3O5S2. The fourth-order valence-corrected chi connectivity index (χ4v) is 6.96. The van der Waals surface area contributed by atoms with Crippen molar-refractivity contribution in [2.45, 2.75) is 18.2 Å². The van der Waals surface area contributed by atoms with E-state index in [4.69, 9.17) is 0 Å². The summed E-state index contributed by atoms with van der Waals surface area (Å²) in [7, 11) is -7.42. The molecule has 2 aromatic rings. The van der Waals surface area contributed by atoms with E-state index in [0.717, 1.165) is 9.99 Å². The number of rotatable bonds is 4. The van der Waals surface area contributed by atoms with Crippen LogP contribution < -0.4 is 9.21 Å². The molecule has 0 unspecified atom stereocenters. The van der Waals surface area contributed by atoms with Gasteiger partial charge in [-0.3, -0.25) is 4.79 Å². The molecule has 2 heterocycles. The van der Waals surface area contributed by atoms with E-state index in [1.807, 2.05) is 30.3 Å². The Morgan fingerprint density at radius 1 is 0.900 bits per heavy atom. The van der Waals surface area contributed by atoms with Crippen molar-refractivity contribution in [1.29, 1.82) is 0 Å². The van der Waals surface area contributed by atoms with Gasteiger partial charge in [-0.2, -0.15) is 4.31 Å². The Bertz CT molecular complexity index is 1170. The second kappa shape index (κ2) is 7.68. The van der Waals surface area contributed by atoms with Crippen LogP contribution in [0, 0.1) is 6.92 Å². The minimum absolute atomic E-state index is 0.0624. The van der Waals surface area contributed by atoms with Crippen LogP contribution in [0.4, 0.5) is 11.4 Å². The molecule has 160 valence electrons. The Kier molecular flexibility index (Phi) is 5.33. The van der Waals surface area contributed by atoms with E-state index >= 15 is 0 Å². The summed E-state index contributed by atoms with van der Waals surface area (Å²) in [6.45, 7) is 3.50. The van der Waals surface area contributed by atoms with Crippen LogP contribution in [0.25, 0.3) is 0 Å². The number of carbonyl (C=O) groups excluding carboxylic acids is 1. The summed E-state index contributed by atoms with van der Waals surface area (Å²) in [5.41, 5.74) is 1.65. The zero-order chi connectivity index (χ0) is 21.5. The molecule has 0 spiro atoms.